The number of rotatable bonds is 2. The lowest BCUT2D eigenvalue weighted by Gasteiger charge is -2.12. The number of thiazole rings is 1. The molecule has 0 spiro atoms. The molecule has 3 nitrogen and oxygen atoms in total. The molecule has 1 aromatic heterocycles. The largest absolute Gasteiger partial charge is 0.234 e. The summed E-state index contributed by atoms with van der Waals surface area (Å²) in [7, 11) is -1.24. The molecule has 0 aliphatic carbocycles. The molecule has 6 heteroatoms. The van der Waals surface area contributed by atoms with Gasteiger partial charge in [-0.3, -0.25) is 0 Å². The lowest BCUT2D eigenvalue weighted by molar-refractivity contribution is 0.651. The van der Waals surface area contributed by atoms with E-state index < -0.39 is 11.0 Å². The summed E-state index contributed by atoms with van der Waals surface area (Å²) in [6.07, 6.45) is 1.49. The Labute approximate surface area is 94.8 Å². The second kappa shape index (κ2) is 4.51. The van der Waals surface area contributed by atoms with Crippen LogP contribution >= 0.6 is 22.9 Å². The molecular formula is C8H11ClN2OS2. The maximum absolute atomic E-state index is 11.5. The zero-order valence-electron chi connectivity index (χ0n) is 8.15. The maximum atomic E-state index is 11.5. The summed E-state index contributed by atoms with van der Waals surface area (Å²) in [4.78, 5) is 3.96. The van der Waals surface area contributed by atoms with Crippen molar-refractivity contribution in [3.05, 3.63) is 15.5 Å². The topological polar surface area (TPSA) is 42.3 Å². The van der Waals surface area contributed by atoms with Crippen molar-refractivity contribution in [3.63, 3.8) is 0 Å². The van der Waals surface area contributed by atoms with E-state index in [1.165, 1.54) is 17.6 Å². The molecule has 1 atom stereocenters. The van der Waals surface area contributed by atoms with E-state index in [4.69, 9.17) is 11.6 Å². The van der Waals surface area contributed by atoms with Crippen LogP contribution in [0.2, 0.25) is 4.47 Å². The predicted molar refractivity (Wildman–Crippen MR) is 62.6 cm³/mol. The fourth-order valence-corrected chi connectivity index (χ4v) is 1.82. The van der Waals surface area contributed by atoms with Crippen LogP contribution < -0.4 is 0 Å². The molecule has 0 N–H and O–H groups in total. The van der Waals surface area contributed by atoms with E-state index in [-0.39, 0.29) is 4.75 Å². The molecule has 0 aromatic carbocycles. The summed E-state index contributed by atoms with van der Waals surface area (Å²) in [5.41, 5.74) is 0.651. The fraction of sp³-hybridized carbons (Fsp3) is 0.500. The third-order valence-electron chi connectivity index (χ3n) is 1.30. The molecular weight excluding hydrogens is 240 g/mol. The minimum atomic E-state index is -1.24. The molecule has 0 radical (unpaired) electrons. The summed E-state index contributed by atoms with van der Waals surface area (Å²) in [5.74, 6) is 0. The van der Waals surface area contributed by atoms with E-state index in [9.17, 15) is 4.21 Å². The van der Waals surface area contributed by atoms with E-state index >= 15 is 0 Å². The molecule has 0 aliphatic rings. The first-order chi connectivity index (χ1) is 6.39. The molecule has 14 heavy (non-hydrogen) atoms. The molecule has 0 fully saturated rings. The van der Waals surface area contributed by atoms with Crippen molar-refractivity contribution >= 4 is 40.1 Å². The highest BCUT2D eigenvalue weighted by Gasteiger charge is 2.18. The number of aromatic nitrogens is 1. The van der Waals surface area contributed by atoms with E-state index in [1.807, 2.05) is 20.8 Å². The van der Waals surface area contributed by atoms with Crippen molar-refractivity contribution in [2.24, 2.45) is 4.40 Å². The first-order valence-electron chi connectivity index (χ1n) is 3.96. The summed E-state index contributed by atoms with van der Waals surface area (Å²) in [5, 5.41) is 1.77. The quantitative estimate of drug-likeness (QED) is 0.758. The molecule has 0 aliphatic heterocycles. The van der Waals surface area contributed by atoms with Crippen LogP contribution in [0.4, 0.5) is 0 Å². The Balaban J connectivity index is 2.70. The van der Waals surface area contributed by atoms with Gasteiger partial charge in [0.05, 0.1) is 16.7 Å². The molecule has 1 unspecified atom stereocenters. The van der Waals surface area contributed by atoms with Crippen molar-refractivity contribution < 1.29 is 4.21 Å². The summed E-state index contributed by atoms with van der Waals surface area (Å²) in [6, 6.07) is 0. The number of nitrogens with zero attached hydrogens (tertiary/aromatic N) is 2. The van der Waals surface area contributed by atoms with Crippen LogP contribution in [0.3, 0.4) is 0 Å². The van der Waals surface area contributed by atoms with Crippen LogP contribution in [0.5, 0.6) is 0 Å². The molecule has 78 valence electrons. The normalized spacial score (nSPS) is 14.9. The van der Waals surface area contributed by atoms with Gasteiger partial charge in [-0.1, -0.05) is 11.6 Å². The van der Waals surface area contributed by atoms with Crippen LogP contribution in [0.25, 0.3) is 0 Å². The highest BCUT2D eigenvalue weighted by Crippen LogP contribution is 2.15. The van der Waals surface area contributed by atoms with Crippen LogP contribution in [0.1, 0.15) is 26.5 Å². The van der Waals surface area contributed by atoms with Crippen molar-refractivity contribution in [1.29, 1.82) is 0 Å². The first kappa shape index (κ1) is 11.8. The zero-order chi connectivity index (χ0) is 10.8. The van der Waals surface area contributed by atoms with Crippen LogP contribution in [0, 0.1) is 0 Å². The minimum Gasteiger partial charge on any atom is -0.234 e. The number of halogens is 1. The Hall–Kier alpha value is -0.260. The summed E-state index contributed by atoms with van der Waals surface area (Å²) < 4.78 is 15.5. The Morgan fingerprint density at radius 1 is 1.64 bits per heavy atom. The van der Waals surface area contributed by atoms with Crippen LogP contribution in [0.15, 0.2) is 9.78 Å². The molecule has 1 aromatic rings. The van der Waals surface area contributed by atoms with Gasteiger partial charge in [0, 0.05) is 5.38 Å². The predicted octanol–water partition coefficient (Wildman–Crippen LogP) is 2.68. The summed E-state index contributed by atoms with van der Waals surface area (Å²) >= 11 is 6.96. The van der Waals surface area contributed by atoms with Gasteiger partial charge in [0.2, 0.25) is 0 Å². The van der Waals surface area contributed by atoms with Gasteiger partial charge in [0.15, 0.2) is 4.47 Å². The minimum absolute atomic E-state index is 0.337. The second-order valence-corrected chi connectivity index (χ2v) is 7.00. The molecule has 1 rings (SSSR count). The zero-order valence-corrected chi connectivity index (χ0v) is 10.5. The smallest absolute Gasteiger partial charge is 0.184 e. The Morgan fingerprint density at radius 2 is 2.29 bits per heavy atom. The monoisotopic (exact) mass is 250 g/mol. The van der Waals surface area contributed by atoms with Crippen LogP contribution in [-0.4, -0.2) is 20.2 Å². The van der Waals surface area contributed by atoms with Gasteiger partial charge < -0.3 is 0 Å². The van der Waals surface area contributed by atoms with Crippen molar-refractivity contribution in [2.45, 2.75) is 25.5 Å². The van der Waals surface area contributed by atoms with E-state index in [0.29, 0.717) is 10.2 Å². The van der Waals surface area contributed by atoms with Crippen LogP contribution in [-0.2, 0) is 11.0 Å². The molecule has 0 saturated heterocycles. The van der Waals surface area contributed by atoms with Gasteiger partial charge in [-0.15, -0.1) is 11.3 Å². The van der Waals surface area contributed by atoms with Gasteiger partial charge in [-0.2, -0.15) is 4.40 Å². The Kier molecular flexibility index (Phi) is 3.80. The highest BCUT2D eigenvalue weighted by molar-refractivity contribution is 7.85. The Bertz CT molecular complexity index is 368. The first-order valence-corrected chi connectivity index (χ1v) is 6.33. The van der Waals surface area contributed by atoms with Gasteiger partial charge in [-0.05, 0) is 20.8 Å². The van der Waals surface area contributed by atoms with E-state index in [0.717, 1.165) is 0 Å². The second-order valence-electron chi connectivity index (χ2n) is 3.62. The fourth-order valence-electron chi connectivity index (χ4n) is 0.582. The van der Waals surface area contributed by atoms with E-state index in [2.05, 4.69) is 9.38 Å². The third kappa shape index (κ3) is 3.48. The lowest BCUT2D eigenvalue weighted by atomic mass is 10.3. The molecule has 1 heterocycles. The standard InChI is InChI=1S/C8H11ClN2OS2/c1-8(2,3)14(12)10-4-6-5-13-7(9)11-6/h4-5H,1-3H3. The SMILES string of the molecule is CC(C)(C)S(=O)N=Cc1csc(Cl)n1. The van der Waals surface area contributed by atoms with Gasteiger partial charge in [-0.25, -0.2) is 9.19 Å². The van der Waals surface area contributed by atoms with Gasteiger partial charge >= 0.3 is 0 Å². The van der Waals surface area contributed by atoms with Gasteiger partial charge in [0.1, 0.15) is 11.0 Å². The average molecular weight is 251 g/mol. The van der Waals surface area contributed by atoms with E-state index in [1.54, 1.807) is 5.38 Å². The third-order valence-corrected chi connectivity index (χ3v) is 3.64. The maximum Gasteiger partial charge on any atom is 0.184 e. The summed E-state index contributed by atoms with van der Waals surface area (Å²) in [6.45, 7) is 5.61. The van der Waals surface area contributed by atoms with Gasteiger partial charge in [0.25, 0.3) is 0 Å². The lowest BCUT2D eigenvalue weighted by Crippen LogP contribution is -2.19. The number of hydrogen-bond acceptors (Lipinski definition) is 3. The Morgan fingerprint density at radius 3 is 2.71 bits per heavy atom. The molecule has 0 saturated carbocycles. The molecule has 0 bridgehead atoms. The van der Waals surface area contributed by atoms with Crippen molar-refractivity contribution in [2.75, 3.05) is 0 Å². The molecule has 0 amide bonds. The van der Waals surface area contributed by atoms with Crippen molar-refractivity contribution in [3.8, 4) is 0 Å². The highest BCUT2D eigenvalue weighted by atomic mass is 35.5. The van der Waals surface area contributed by atoms with Crippen molar-refractivity contribution in [1.82, 2.24) is 4.98 Å². The average Bonchev–Trinajstić information content (AvgIpc) is 2.45. The number of hydrogen-bond donors (Lipinski definition) is 0.